The lowest BCUT2D eigenvalue weighted by molar-refractivity contribution is -0.138. The van der Waals surface area contributed by atoms with Crippen LogP contribution in [0.2, 0.25) is 0 Å². The molecule has 2 aliphatic rings. The predicted octanol–water partition coefficient (Wildman–Crippen LogP) is 4.00. The van der Waals surface area contributed by atoms with Crippen molar-refractivity contribution in [1.29, 1.82) is 0 Å². The zero-order chi connectivity index (χ0) is 24.5. The number of nitrogens with two attached hydrogens (primary N) is 1. The SMILES string of the molecule is COc1ccc(C(C)(C)C(=O)N2CCC[C@H](COc3cccc4c3C(N)=NS(O)(O)N4)C2)cc1. The van der Waals surface area contributed by atoms with Crippen molar-refractivity contribution in [3.05, 3.63) is 53.6 Å². The molecule has 2 aromatic rings. The number of nitrogens with one attached hydrogen (secondary N) is 1. The molecule has 184 valence electrons. The lowest BCUT2D eigenvalue weighted by atomic mass is 9.82. The summed E-state index contributed by atoms with van der Waals surface area (Å²) < 4.78 is 37.4. The van der Waals surface area contributed by atoms with Gasteiger partial charge in [0.25, 0.3) is 0 Å². The van der Waals surface area contributed by atoms with Crippen LogP contribution < -0.4 is 19.9 Å². The Kier molecular flexibility index (Phi) is 6.66. The number of fused-ring (bicyclic) bond motifs is 1. The Morgan fingerprint density at radius 3 is 2.71 bits per heavy atom. The van der Waals surface area contributed by atoms with E-state index < -0.39 is 16.4 Å². The maximum absolute atomic E-state index is 13.5. The monoisotopic (exact) mass is 488 g/mol. The summed E-state index contributed by atoms with van der Waals surface area (Å²) in [6.07, 6.45) is 1.85. The smallest absolute Gasteiger partial charge is 0.232 e. The average Bonchev–Trinajstić information content (AvgIpc) is 2.81. The number of rotatable bonds is 6. The molecule has 5 N–H and O–H groups in total. The summed E-state index contributed by atoms with van der Waals surface area (Å²) in [5, 5.41) is 0. The lowest BCUT2D eigenvalue weighted by Crippen LogP contribution is -2.48. The Hall–Kier alpha value is -2.95. The van der Waals surface area contributed by atoms with Crippen LogP contribution in [0.1, 0.15) is 37.8 Å². The second kappa shape index (κ2) is 9.36. The fraction of sp³-hybridized carbons (Fsp3) is 0.417. The molecule has 0 spiro atoms. The molecule has 2 aromatic carbocycles. The predicted molar refractivity (Wildman–Crippen MR) is 134 cm³/mol. The van der Waals surface area contributed by atoms with Crippen molar-refractivity contribution in [2.24, 2.45) is 16.0 Å². The van der Waals surface area contributed by atoms with Crippen LogP contribution in [0.4, 0.5) is 5.69 Å². The van der Waals surface area contributed by atoms with E-state index in [1.807, 2.05) is 43.0 Å². The molecule has 9 nitrogen and oxygen atoms in total. The molecule has 2 aliphatic heterocycles. The van der Waals surface area contributed by atoms with Crippen LogP contribution in [0.15, 0.2) is 46.9 Å². The van der Waals surface area contributed by atoms with Crippen molar-refractivity contribution in [3.8, 4) is 11.5 Å². The van der Waals surface area contributed by atoms with Gasteiger partial charge in [0.1, 0.15) is 11.5 Å². The van der Waals surface area contributed by atoms with Crippen LogP contribution in [0.5, 0.6) is 11.5 Å². The Labute approximate surface area is 201 Å². The van der Waals surface area contributed by atoms with Crippen LogP contribution >= 0.6 is 11.0 Å². The molecule has 0 unspecified atom stereocenters. The van der Waals surface area contributed by atoms with E-state index in [1.165, 1.54) is 0 Å². The third-order valence-electron chi connectivity index (χ3n) is 6.38. The van der Waals surface area contributed by atoms with E-state index in [4.69, 9.17) is 15.2 Å². The van der Waals surface area contributed by atoms with Gasteiger partial charge in [-0.3, -0.25) is 18.6 Å². The quantitative estimate of drug-likeness (QED) is 0.483. The molecule has 0 bridgehead atoms. The summed E-state index contributed by atoms with van der Waals surface area (Å²) >= 11 is 0. The number of anilines is 1. The second-order valence-electron chi connectivity index (χ2n) is 9.20. The van der Waals surface area contributed by atoms with E-state index in [-0.39, 0.29) is 17.7 Å². The summed E-state index contributed by atoms with van der Waals surface area (Å²) in [6.45, 7) is 5.64. The van der Waals surface area contributed by atoms with Crippen molar-refractivity contribution >= 4 is 28.4 Å². The van der Waals surface area contributed by atoms with Gasteiger partial charge in [0.15, 0.2) is 5.84 Å². The maximum atomic E-state index is 13.5. The first kappa shape index (κ1) is 24.2. The van der Waals surface area contributed by atoms with E-state index in [0.29, 0.717) is 30.2 Å². The number of amides is 1. The van der Waals surface area contributed by atoms with E-state index >= 15 is 0 Å². The number of carbonyl (C=O) groups excluding carboxylic acids is 1. The standard InChI is InChI=1S/C24H32N4O5S/c1-24(2,17-9-11-18(32-3)12-10-17)23(29)28-13-5-6-16(14-28)15-33-20-8-4-7-19-21(20)22(25)27-34(30,31)26-19/h4,7-12,16,26,30-31H,5-6,13-15H2,1-3H3,(H2,25,27)/t16-/m0/s1. The largest absolute Gasteiger partial charge is 0.497 e. The fourth-order valence-electron chi connectivity index (χ4n) is 4.47. The molecule has 1 saturated heterocycles. The number of hydrogen-bond donors (Lipinski definition) is 4. The minimum atomic E-state index is -3.35. The maximum Gasteiger partial charge on any atom is 0.232 e. The number of methoxy groups -OCH3 is 1. The summed E-state index contributed by atoms with van der Waals surface area (Å²) in [6, 6.07) is 12.9. The highest BCUT2D eigenvalue weighted by molar-refractivity contribution is 8.24. The van der Waals surface area contributed by atoms with Gasteiger partial charge < -0.3 is 20.1 Å². The van der Waals surface area contributed by atoms with Gasteiger partial charge in [-0.25, -0.2) is 0 Å². The van der Waals surface area contributed by atoms with Crippen LogP contribution in [0, 0.1) is 5.92 Å². The second-order valence-corrected chi connectivity index (χ2v) is 10.6. The average molecular weight is 489 g/mol. The topological polar surface area (TPSA) is 130 Å². The number of piperidine rings is 1. The van der Waals surface area contributed by atoms with Crippen LogP contribution in [-0.4, -0.2) is 52.6 Å². The highest BCUT2D eigenvalue weighted by Gasteiger charge is 2.36. The Morgan fingerprint density at radius 1 is 1.26 bits per heavy atom. The molecule has 0 aliphatic carbocycles. The molecule has 4 rings (SSSR count). The molecule has 2 heterocycles. The fourth-order valence-corrected chi connectivity index (χ4v) is 5.35. The highest BCUT2D eigenvalue weighted by Crippen LogP contribution is 2.47. The first-order chi connectivity index (χ1) is 16.1. The van der Waals surface area contributed by atoms with Gasteiger partial charge in [-0.15, -0.1) is 4.40 Å². The zero-order valence-electron chi connectivity index (χ0n) is 19.7. The van der Waals surface area contributed by atoms with Gasteiger partial charge in [0, 0.05) is 19.0 Å². The summed E-state index contributed by atoms with van der Waals surface area (Å²) in [4.78, 5) is 15.4. The van der Waals surface area contributed by atoms with E-state index in [9.17, 15) is 13.9 Å². The molecule has 10 heteroatoms. The van der Waals surface area contributed by atoms with E-state index in [1.54, 1.807) is 25.3 Å². The number of ether oxygens (including phenoxy) is 2. The van der Waals surface area contributed by atoms with Crippen LogP contribution in [-0.2, 0) is 10.2 Å². The Balaban J connectivity index is 1.43. The number of nitrogens with zero attached hydrogens (tertiary/aromatic N) is 2. The van der Waals surface area contributed by atoms with Gasteiger partial charge in [0.2, 0.25) is 5.91 Å². The van der Waals surface area contributed by atoms with Gasteiger partial charge in [-0.1, -0.05) is 18.2 Å². The highest BCUT2D eigenvalue weighted by atomic mass is 32.3. The van der Waals surface area contributed by atoms with Crippen LogP contribution in [0.3, 0.4) is 0 Å². The molecular formula is C24H32N4O5S. The minimum Gasteiger partial charge on any atom is -0.497 e. The first-order valence-corrected chi connectivity index (χ1v) is 12.7. The van der Waals surface area contributed by atoms with Crippen molar-refractivity contribution in [3.63, 3.8) is 0 Å². The number of amidine groups is 1. The van der Waals surface area contributed by atoms with Gasteiger partial charge in [-0.2, -0.15) is 0 Å². The van der Waals surface area contributed by atoms with E-state index in [0.717, 1.165) is 30.7 Å². The molecule has 34 heavy (non-hydrogen) atoms. The van der Waals surface area contributed by atoms with Crippen molar-refractivity contribution in [2.75, 3.05) is 31.5 Å². The van der Waals surface area contributed by atoms with Crippen LogP contribution in [0.25, 0.3) is 0 Å². The normalized spacial score (nSPS) is 20.4. The van der Waals surface area contributed by atoms with E-state index in [2.05, 4.69) is 9.12 Å². The van der Waals surface area contributed by atoms with Gasteiger partial charge in [-0.05, 0) is 67.5 Å². The summed E-state index contributed by atoms with van der Waals surface area (Å²) in [5.74, 6) is 1.55. The molecule has 1 amide bonds. The first-order valence-electron chi connectivity index (χ1n) is 11.2. The summed E-state index contributed by atoms with van der Waals surface area (Å²) in [7, 11) is -1.73. The van der Waals surface area contributed by atoms with Crippen molar-refractivity contribution < 1.29 is 23.4 Å². The molecular weight excluding hydrogens is 456 g/mol. The number of hydrogen-bond acceptors (Lipinski definition) is 8. The van der Waals surface area contributed by atoms with Crippen molar-refractivity contribution in [1.82, 2.24) is 4.90 Å². The summed E-state index contributed by atoms with van der Waals surface area (Å²) in [5.41, 5.74) is 7.25. The third-order valence-corrected chi connectivity index (χ3v) is 7.33. The number of benzene rings is 2. The molecule has 1 atom stereocenters. The Morgan fingerprint density at radius 2 is 2.00 bits per heavy atom. The minimum absolute atomic E-state index is 0.0195. The number of carbonyl (C=O) groups is 1. The number of likely N-dealkylation sites (tertiary alicyclic amines) is 1. The molecule has 1 fully saturated rings. The lowest BCUT2D eigenvalue weighted by Gasteiger charge is -2.38. The Bertz CT molecular complexity index is 1090. The molecule has 0 saturated carbocycles. The van der Waals surface area contributed by atoms with Gasteiger partial charge >= 0.3 is 0 Å². The van der Waals surface area contributed by atoms with Crippen molar-refractivity contribution in [2.45, 2.75) is 32.1 Å². The zero-order valence-corrected chi connectivity index (χ0v) is 20.5. The molecule has 0 aromatic heterocycles. The molecule has 0 radical (unpaired) electrons. The van der Waals surface area contributed by atoms with Gasteiger partial charge in [0.05, 0.1) is 30.4 Å². The third kappa shape index (κ3) is 4.94.